The summed E-state index contributed by atoms with van der Waals surface area (Å²) in [5.41, 5.74) is 0.434. The van der Waals surface area contributed by atoms with Gasteiger partial charge in [-0.3, -0.25) is 0 Å². The lowest BCUT2D eigenvalue weighted by molar-refractivity contribution is 0.627. The Balaban J connectivity index is 3.13. The molecule has 0 aliphatic heterocycles. The summed E-state index contributed by atoms with van der Waals surface area (Å²) in [7, 11) is -1.23. The molecular formula is C7H6BrClFNOS. The van der Waals surface area contributed by atoms with Gasteiger partial charge in [0.2, 0.25) is 0 Å². The number of anilines is 1. The molecule has 1 aromatic rings. The summed E-state index contributed by atoms with van der Waals surface area (Å²) in [4.78, 5) is 0. The Hall–Kier alpha value is -0.130. The number of nitrogens with one attached hydrogen (secondary N) is 1. The van der Waals surface area contributed by atoms with Gasteiger partial charge in [0.05, 0.1) is 10.7 Å². The normalized spacial score (nSPS) is 12.6. The summed E-state index contributed by atoms with van der Waals surface area (Å²) < 4.78 is 26.6. The summed E-state index contributed by atoms with van der Waals surface area (Å²) in [6.07, 6.45) is 1.46. The van der Waals surface area contributed by atoms with Crippen molar-refractivity contribution in [2.45, 2.75) is 0 Å². The summed E-state index contributed by atoms with van der Waals surface area (Å²) in [6, 6.07) is 2.41. The molecule has 0 saturated carbocycles. The number of rotatable bonds is 2. The first-order valence-electron chi connectivity index (χ1n) is 3.25. The van der Waals surface area contributed by atoms with E-state index < -0.39 is 16.8 Å². The molecule has 1 aromatic carbocycles. The topological polar surface area (TPSA) is 29.1 Å². The Labute approximate surface area is 91.2 Å². The maximum absolute atomic E-state index is 12.7. The highest BCUT2D eigenvalue weighted by Crippen LogP contribution is 2.31. The van der Waals surface area contributed by atoms with Crippen molar-refractivity contribution < 1.29 is 8.60 Å². The van der Waals surface area contributed by atoms with E-state index >= 15 is 0 Å². The summed E-state index contributed by atoms with van der Waals surface area (Å²) in [5.74, 6) is -0.440. The molecule has 6 heteroatoms. The highest BCUT2D eigenvalue weighted by molar-refractivity contribution is 9.10. The second-order valence-corrected chi connectivity index (χ2v) is 4.67. The first-order chi connectivity index (χ1) is 6.00. The quantitative estimate of drug-likeness (QED) is 0.890. The number of hydrogen-bond donors (Lipinski definition) is 1. The van der Waals surface area contributed by atoms with E-state index in [0.29, 0.717) is 10.2 Å². The number of benzene rings is 1. The Morgan fingerprint density at radius 1 is 1.62 bits per heavy atom. The Morgan fingerprint density at radius 2 is 2.23 bits per heavy atom. The molecule has 0 aliphatic carbocycles. The van der Waals surface area contributed by atoms with Gasteiger partial charge in [0.15, 0.2) is 0 Å². The highest BCUT2D eigenvalue weighted by Gasteiger charge is 2.08. The van der Waals surface area contributed by atoms with Crippen LogP contribution in [0.1, 0.15) is 0 Å². The van der Waals surface area contributed by atoms with Crippen LogP contribution in [0.4, 0.5) is 10.1 Å². The van der Waals surface area contributed by atoms with E-state index in [-0.39, 0.29) is 5.02 Å². The van der Waals surface area contributed by atoms with E-state index in [4.69, 9.17) is 11.6 Å². The Morgan fingerprint density at radius 3 is 2.69 bits per heavy atom. The van der Waals surface area contributed by atoms with Crippen LogP contribution in [0.3, 0.4) is 0 Å². The van der Waals surface area contributed by atoms with Crippen LogP contribution in [0.15, 0.2) is 16.6 Å². The molecule has 0 aliphatic rings. The van der Waals surface area contributed by atoms with E-state index in [1.807, 2.05) is 0 Å². The molecule has 1 N–H and O–H groups in total. The van der Waals surface area contributed by atoms with E-state index in [0.717, 1.165) is 6.07 Å². The Bertz CT molecular complexity index is 337. The summed E-state index contributed by atoms with van der Waals surface area (Å²) in [6.45, 7) is 0. The fraction of sp³-hybridized carbons (Fsp3) is 0.143. The van der Waals surface area contributed by atoms with Gasteiger partial charge >= 0.3 is 0 Å². The molecule has 0 aromatic heterocycles. The smallest absolute Gasteiger partial charge is 0.125 e. The molecule has 0 spiro atoms. The summed E-state index contributed by atoms with van der Waals surface area (Å²) >= 11 is 8.82. The fourth-order valence-corrected chi connectivity index (χ4v) is 2.38. The van der Waals surface area contributed by atoms with Crippen molar-refractivity contribution in [3.8, 4) is 0 Å². The second kappa shape index (κ2) is 4.39. The molecule has 13 heavy (non-hydrogen) atoms. The molecule has 1 atom stereocenters. The van der Waals surface area contributed by atoms with Crippen molar-refractivity contribution in [2.75, 3.05) is 11.0 Å². The van der Waals surface area contributed by atoms with Gasteiger partial charge < -0.3 is 4.72 Å². The average Bonchev–Trinajstić information content (AvgIpc) is 1.96. The zero-order chi connectivity index (χ0) is 10.0. The maximum atomic E-state index is 12.7. The van der Waals surface area contributed by atoms with Gasteiger partial charge in [-0.2, -0.15) is 0 Å². The van der Waals surface area contributed by atoms with Gasteiger partial charge in [0, 0.05) is 10.7 Å². The van der Waals surface area contributed by atoms with Crippen molar-refractivity contribution >= 4 is 44.2 Å². The minimum absolute atomic E-state index is 0.196. The number of halogens is 3. The van der Waals surface area contributed by atoms with Crippen molar-refractivity contribution in [2.24, 2.45) is 0 Å². The van der Waals surface area contributed by atoms with Gasteiger partial charge in [-0.25, -0.2) is 8.60 Å². The predicted molar refractivity (Wildman–Crippen MR) is 56.8 cm³/mol. The molecule has 0 saturated heterocycles. The van der Waals surface area contributed by atoms with Gasteiger partial charge in [0.1, 0.15) is 16.8 Å². The van der Waals surface area contributed by atoms with Gasteiger partial charge in [-0.05, 0) is 28.1 Å². The highest BCUT2D eigenvalue weighted by atomic mass is 79.9. The number of hydrogen-bond acceptors (Lipinski definition) is 1. The first-order valence-corrected chi connectivity index (χ1v) is 5.98. The third-order valence-corrected chi connectivity index (χ3v) is 2.67. The lowest BCUT2D eigenvalue weighted by Gasteiger charge is -2.07. The minimum Gasteiger partial charge on any atom is -0.303 e. The van der Waals surface area contributed by atoms with Crippen LogP contribution >= 0.6 is 27.5 Å². The lowest BCUT2D eigenvalue weighted by atomic mass is 10.3. The zero-order valence-electron chi connectivity index (χ0n) is 6.61. The summed E-state index contributed by atoms with van der Waals surface area (Å²) in [5, 5.41) is 0.196. The Kier molecular flexibility index (Phi) is 3.70. The van der Waals surface area contributed by atoms with E-state index in [2.05, 4.69) is 20.7 Å². The SMILES string of the molecule is CS(=O)Nc1c(Cl)cc(F)cc1Br. The fourth-order valence-electron chi connectivity index (χ4n) is 0.783. The standard InChI is InChI=1S/C7H6BrClFNOS/c1-13(12)11-7-5(8)2-4(10)3-6(7)9/h2-3,11H,1H3. The molecule has 0 amide bonds. The minimum atomic E-state index is -1.23. The van der Waals surface area contributed by atoms with Crippen LogP contribution in [0, 0.1) is 5.82 Å². The molecule has 1 unspecified atom stereocenters. The molecule has 0 fully saturated rings. The maximum Gasteiger partial charge on any atom is 0.125 e. The monoisotopic (exact) mass is 285 g/mol. The molecule has 72 valence electrons. The second-order valence-electron chi connectivity index (χ2n) is 2.30. The largest absolute Gasteiger partial charge is 0.303 e. The van der Waals surface area contributed by atoms with E-state index in [1.54, 1.807) is 0 Å². The van der Waals surface area contributed by atoms with Crippen LogP contribution in [0.2, 0.25) is 5.02 Å². The van der Waals surface area contributed by atoms with Crippen LogP contribution in [0.5, 0.6) is 0 Å². The third-order valence-electron chi connectivity index (χ3n) is 1.25. The lowest BCUT2D eigenvalue weighted by Crippen LogP contribution is -2.02. The van der Waals surface area contributed by atoms with Gasteiger partial charge in [-0.1, -0.05) is 11.6 Å². The van der Waals surface area contributed by atoms with Crippen LogP contribution < -0.4 is 4.72 Å². The van der Waals surface area contributed by atoms with Gasteiger partial charge in [0.25, 0.3) is 0 Å². The first kappa shape index (κ1) is 10.9. The molecule has 0 bridgehead atoms. The third kappa shape index (κ3) is 2.93. The zero-order valence-corrected chi connectivity index (χ0v) is 9.76. The van der Waals surface area contributed by atoms with Crippen LogP contribution in [0.25, 0.3) is 0 Å². The molecular weight excluding hydrogens is 281 g/mol. The van der Waals surface area contributed by atoms with E-state index in [1.165, 1.54) is 12.3 Å². The molecule has 0 heterocycles. The van der Waals surface area contributed by atoms with Crippen molar-refractivity contribution in [1.82, 2.24) is 0 Å². The van der Waals surface area contributed by atoms with E-state index in [9.17, 15) is 8.60 Å². The van der Waals surface area contributed by atoms with Crippen LogP contribution in [-0.4, -0.2) is 10.5 Å². The van der Waals surface area contributed by atoms with Crippen LogP contribution in [-0.2, 0) is 11.0 Å². The average molecular weight is 287 g/mol. The molecule has 2 nitrogen and oxygen atoms in total. The van der Waals surface area contributed by atoms with Crippen molar-refractivity contribution in [3.05, 3.63) is 27.4 Å². The molecule has 0 radical (unpaired) electrons. The van der Waals surface area contributed by atoms with Gasteiger partial charge in [-0.15, -0.1) is 0 Å². The predicted octanol–water partition coefficient (Wildman–Crippen LogP) is 2.95. The van der Waals surface area contributed by atoms with Crippen molar-refractivity contribution in [1.29, 1.82) is 0 Å². The molecule has 1 rings (SSSR count). The van der Waals surface area contributed by atoms with Crippen molar-refractivity contribution in [3.63, 3.8) is 0 Å².